The fourth-order valence-electron chi connectivity index (χ4n) is 3.64. The Morgan fingerprint density at radius 3 is 2.69 bits per heavy atom. The number of carbonyl (C=O) groups excluding carboxylic acids is 1. The lowest BCUT2D eigenvalue weighted by atomic mass is 9.97. The average molecular weight is 432 g/mol. The summed E-state index contributed by atoms with van der Waals surface area (Å²) in [5.74, 6) is -0.694. The minimum absolute atomic E-state index is 0.0604. The van der Waals surface area contributed by atoms with Gasteiger partial charge in [0.15, 0.2) is 5.13 Å². The predicted octanol–water partition coefficient (Wildman–Crippen LogP) is 4.43. The van der Waals surface area contributed by atoms with Gasteiger partial charge >= 0.3 is 0 Å². The molecule has 1 N–H and O–H groups in total. The summed E-state index contributed by atoms with van der Waals surface area (Å²) in [5, 5.41) is 3.55. The molecule has 8 heteroatoms. The number of rotatable bonds is 4. The number of carbonyl (C=O) groups is 1. The summed E-state index contributed by atoms with van der Waals surface area (Å²) in [6, 6.07) is 10.3. The van der Waals surface area contributed by atoms with Crippen LogP contribution in [0, 0.1) is 25.6 Å². The molecule has 1 atom stereocenters. The summed E-state index contributed by atoms with van der Waals surface area (Å²) in [6.45, 7) is 5.03. The molecule has 5 nitrogen and oxygen atoms in total. The van der Waals surface area contributed by atoms with Crippen LogP contribution >= 0.6 is 11.3 Å². The van der Waals surface area contributed by atoms with Crippen LogP contribution in [0.1, 0.15) is 24.0 Å². The number of aryl methyl sites for hydroxylation is 2. The number of halogens is 1. The Kier molecular flexibility index (Phi) is 5.76. The van der Waals surface area contributed by atoms with Gasteiger partial charge < -0.3 is 5.32 Å². The van der Waals surface area contributed by atoms with E-state index in [0.717, 1.165) is 15.8 Å². The fraction of sp³-hybridized carbons (Fsp3) is 0.333. The Bertz CT molecular complexity index is 1090. The van der Waals surface area contributed by atoms with Gasteiger partial charge in [0.05, 0.1) is 15.1 Å². The van der Waals surface area contributed by atoms with Crippen molar-refractivity contribution in [3.63, 3.8) is 0 Å². The molecule has 1 amide bonds. The van der Waals surface area contributed by atoms with E-state index in [-0.39, 0.29) is 16.7 Å². The van der Waals surface area contributed by atoms with Crippen molar-refractivity contribution < 1.29 is 13.4 Å². The van der Waals surface area contributed by atoms with E-state index >= 15 is 0 Å². The van der Waals surface area contributed by atoms with Gasteiger partial charge in [0.1, 0.15) is 16.8 Å². The molecular weight excluding hydrogens is 409 g/mol. The number of amides is 1. The second-order valence-electron chi connectivity index (χ2n) is 7.32. The molecule has 0 bridgehead atoms. The van der Waals surface area contributed by atoms with Crippen molar-refractivity contribution in [2.24, 2.45) is 5.92 Å². The van der Waals surface area contributed by atoms with Crippen LogP contribution in [0.5, 0.6) is 0 Å². The Balaban J connectivity index is 1.39. The third-order valence-corrected chi connectivity index (χ3v) is 7.60. The van der Waals surface area contributed by atoms with Gasteiger partial charge in [-0.15, -0.1) is 0 Å². The molecule has 0 saturated carbocycles. The SMILES string of the molecule is Cc1cc(C)c2nc(NC(=O)C3CCN(S(=O)c4ccccc4F)CC3)sc2c1. The molecule has 1 aliphatic heterocycles. The Labute approximate surface area is 175 Å². The van der Waals surface area contributed by atoms with Crippen molar-refractivity contribution in [1.29, 1.82) is 0 Å². The predicted molar refractivity (Wildman–Crippen MR) is 115 cm³/mol. The number of benzene rings is 2. The summed E-state index contributed by atoms with van der Waals surface area (Å²) in [6.07, 6.45) is 1.16. The standard InChI is InChI=1S/C21H22FN3O2S2/c1-13-11-14(2)19-17(12-13)28-21(23-19)24-20(26)15-7-9-25(10-8-15)29(27)18-6-4-3-5-16(18)22/h3-6,11-12,15H,7-10H2,1-2H3,(H,23,24,26). The number of aromatic nitrogens is 1. The van der Waals surface area contributed by atoms with Crippen molar-refractivity contribution in [2.75, 3.05) is 18.4 Å². The number of thiazole rings is 1. The average Bonchev–Trinajstić information content (AvgIpc) is 3.10. The highest BCUT2D eigenvalue weighted by Crippen LogP contribution is 2.30. The zero-order valence-electron chi connectivity index (χ0n) is 16.3. The maximum Gasteiger partial charge on any atom is 0.229 e. The Morgan fingerprint density at radius 2 is 1.97 bits per heavy atom. The molecule has 2 aromatic carbocycles. The maximum absolute atomic E-state index is 13.9. The van der Waals surface area contributed by atoms with Gasteiger partial charge in [0.25, 0.3) is 0 Å². The van der Waals surface area contributed by atoms with Crippen LogP contribution in [0.15, 0.2) is 41.3 Å². The quantitative estimate of drug-likeness (QED) is 0.665. The maximum atomic E-state index is 13.9. The first-order valence-corrected chi connectivity index (χ1v) is 11.4. The Morgan fingerprint density at radius 1 is 1.24 bits per heavy atom. The lowest BCUT2D eigenvalue weighted by Gasteiger charge is -2.29. The normalized spacial score (nSPS) is 16.8. The lowest BCUT2D eigenvalue weighted by molar-refractivity contribution is -0.120. The summed E-state index contributed by atoms with van der Waals surface area (Å²) in [4.78, 5) is 17.5. The van der Waals surface area contributed by atoms with Gasteiger partial charge in [-0.25, -0.2) is 17.9 Å². The molecule has 1 saturated heterocycles. The van der Waals surface area contributed by atoms with E-state index in [1.807, 2.05) is 13.8 Å². The molecule has 1 fully saturated rings. The first-order chi connectivity index (χ1) is 13.9. The molecule has 1 aliphatic rings. The molecule has 2 heterocycles. The molecule has 0 radical (unpaired) electrons. The van der Waals surface area contributed by atoms with E-state index in [1.54, 1.807) is 22.5 Å². The van der Waals surface area contributed by atoms with E-state index in [2.05, 4.69) is 22.4 Å². The zero-order valence-corrected chi connectivity index (χ0v) is 17.9. The lowest BCUT2D eigenvalue weighted by Crippen LogP contribution is -2.39. The van der Waals surface area contributed by atoms with Gasteiger partial charge in [0, 0.05) is 19.0 Å². The topological polar surface area (TPSA) is 62.3 Å². The third kappa shape index (κ3) is 4.24. The van der Waals surface area contributed by atoms with Crippen molar-refractivity contribution in [2.45, 2.75) is 31.6 Å². The number of nitrogens with one attached hydrogen (secondary N) is 1. The second kappa shape index (κ2) is 8.30. The molecular formula is C21H22FN3O2S2. The van der Waals surface area contributed by atoms with E-state index in [4.69, 9.17) is 0 Å². The third-order valence-electron chi connectivity index (χ3n) is 5.14. The number of anilines is 1. The van der Waals surface area contributed by atoms with Crippen LogP contribution in [0.4, 0.5) is 9.52 Å². The van der Waals surface area contributed by atoms with Crippen molar-refractivity contribution >= 4 is 43.6 Å². The number of nitrogens with zero attached hydrogens (tertiary/aromatic N) is 2. The van der Waals surface area contributed by atoms with E-state index in [1.165, 1.54) is 23.0 Å². The van der Waals surface area contributed by atoms with Crippen LogP contribution in [0.25, 0.3) is 10.2 Å². The minimum Gasteiger partial charge on any atom is -0.302 e. The highest BCUT2D eigenvalue weighted by atomic mass is 32.2. The monoisotopic (exact) mass is 431 g/mol. The fourth-order valence-corrected chi connectivity index (χ4v) is 5.94. The molecule has 0 aliphatic carbocycles. The largest absolute Gasteiger partial charge is 0.302 e. The van der Waals surface area contributed by atoms with Crippen LogP contribution in [-0.2, 0) is 15.8 Å². The Hall–Kier alpha value is -2.16. The summed E-state index contributed by atoms with van der Waals surface area (Å²) in [5.41, 5.74) is 3.19. The van der Waals surface area contributed by atoms with Gasteiger partial charge in [0.2, 0.25) is 5.91 Å². The van der Waals surface area contributed by atoms with Crippen LogP contribution < -0.4 is 5.32 Å². The van der Waals surface area contributed by atoms with E-state index in [9.17, 15) is 13.4 Å². The van der Waals surface area contributed by atoms with Gasteiger partial charge in [-0.1, -0.05) is 29.5 Å². The molecule has 1 aromatic heterocycles. The second-order valence-corrected chi connectivity index (χ2v) is 9.80. The van der Waals surface area contributed by atoms with Crippen LogP contribution in [0.3, 0.4) is 0 Å². The summed E-state index contributed by atoms with van der Waals surface area (Å²) < 4.78 is 29.3. The van der Waals surface area contributed by atoms with Crippen molar-refractivity contribution in [3.05, 3.63) is 53.3 Å². The molecule has 0 spiro atoms. The van der Waals surface area contributed by atoms with Crippen LogP contribution in [-0.4, -0.2) is 32.5 Å². The summed E-state index contributed by atoms with van der Waals surface area (Å²) >= 11 is 1.48. The highest BCUT2D eigenvalue weighted by Gasteiger charge is 2.29. The molecule has 3 aromatic rings. The van der Waals surface area contributed by atoms with Crippen LogP contribution in [0.2, 0.25) is 0 Å². The van der Waals surface area contributed by atoms with Gasteiger partial charge in [-0.2, -0.15) is 0 Å². The first-order valence-electron chi connectivity index (χ1n) is 9.52. The smallest absolute Gasteiger partial charge is 0.229 e. The minimum atomic E-state index is -1.55. The molecule has 152 valence electrons. The van der Waals surface area contributed by atoms with E-state index < -0.39 is 16.8 Å². The zero-order chi connectivity index (χ0) is 20.5. The first kappa shape index (κ1) is 20.1. The van der Waals surface area contributed by atoms with Gasteiger partial charge in [-0.3, -0.25) is 4.79 Å². The molecule has 4 rings (SSSR count). The van der Waals surface area contributed by atoms with Gasteiger partial charge in [-0.05, 0) is 56.0 Å². The van der Waals surface area contributed by atoms with Crippen molar-refractivity contribution in [3.8, 4) is 0 Å². The van der Waals surface area contributed by atoms with Crippen molar-refractivity contribution in [1.82, 2.24) is 9.29 Å². The number of fused-ring (bicyclic) bond motifs is 1. The number of hydrogen-bond acceptors (Lipinski definition) is 4. The number of hydrogen-bond donors (Lipinski definition) is 1. The van der Waals surface area contributed by atoms with E-state index in [0.29, 0.717) is 31.1 Å². The molecule has 29 heavy (non-hydrogen) atoms. The number of piperidine rings is 1. The highest BCUT2D eigenvalue weighted by molar-refractivity contribution is 7.82. The summed E-state index contributed by atoms with van der Waals surface area (Å²) in [7, 11) is -1.55. The molecule has 1 unspecified atom stereocenters.